The predicted molar refractivity (Wildman–Crippen MR) is 120 cm³/mol. The van der Waals surface area contributed by atoms with Crippen LogP contribution in [0.4, 0.5) is 4.39 Å². The Morgan fingerprint density at radius 1 is 1.03 bits per heavy atom. The van der Waals surface area contributed by atoms with E-state index in [0.717, 1.165) is 40.6 Å². The van der Waals surface area contributed by atoms with E-state index >= 15 is 0 Å². The molecule has 2 unspecified atom stereocenters. The summed E-state index contributed by atoms with van der Waals surface area (Å²) < 4.78 is 20.3. The van der Waals surface area contributed by atoms with E-state index in [4.69, 9.17) is 4.74 Å². The first-order valence-electron chi connectivity index (χ1n) is 10.5. The summed E-state index contributed by atoms with van der Waals surface area (Å²) in [6, 6.07) is 22.5. The molecule has 0 spiro atoms. The number of aromatic nitrogens is 2. The molecule has 0 N–H and O–H groups in total. The molecule has 0 saturated heterocycles. The molecular weight excluding hydrogens is 391 g/mol. The molecule has 5 heteroatoms. The molecule has 4 rings (SSSR count). The number of halogens is 1. The Morgan fingerprint density at radius 3 is 2.45 bits per heavy atom. The van der Waals surface area contributed by atoms with Crippen LogP contribution < -0.4 is 0 Å². The smallest absolute Gasteiger partial charge is 0.309 e. The topological polar surface area (TPSA) is 44.1 Å². The van der Waals surface area contributed by atoms with Gasteiger partial charge in [-0.2, -0.15) is 5.10 Å². The van der Waals surface area contributed by atoms with Crippen molar-refractivity contribution >= 4 is 16.9 Å². The molecule has 0 aliphatic carbocycles. The molecule has 0 bridgehead atoms. The van der Waals surface area contributed by atoms with Gasteiger partial charge in [0.05, 0.1) is 30.4 Å². The van der Waals surface area contributed by atoms with Gasteiger partial charge in [0.1, 0.15) is 5.82 Å². The van der Waals surface area contributed by atoms with Crippen molar-refractivity contribution in [2.45, 2.75) is 25.7 Å². The number of rotatable bonds is 7. The standard InChI is InChI=1S/C26H25FN2O2/c1-3-7-23(26(30)31-2)25(18-8-5-4-6-9-18)19-10-15-24-20(16-19)17-28-29(24)22-13-11-21(27)12-14-22/h4-6,8-17,23,25H,3,7H2,1-2H3. The molecule has 0 aliphatic rings. The highest BCUT2D eigenvalue weighted by Gasteiger charge is 2.31. The van der Waals surface area contributed by atoms with Crippen molar-refractivity contribution in [2.24, 2.45) is 5.92 Å². The number of esters is 1. The molecule has 158 valence electrons. The number of hydrogen-bond acceptors (Lipinski definition) is 3. The number of carbonyl (C=O) groups is 1. The Balaban J connectivity index is 1.80. The predicted octanol–water partition coefficient (Wildman–Crippen LogP) is 5.89. The summed E-state index contributed by atoms with van der Waals surface area (Å²) in [5, 5.41) is 5.46. The van der Waals surface area contributed by atoms with Gasteiger partial charge in [0, 0.05) is 11.3 Å². The second-order valence-electron chi connectivity index (χ2n) is 7.66. The van der Waals surface area contributed by atoms with Crippen molar-refractivity contribution in [2.75, 3.05) is 7.11 Å². The number of benzene rings is 3. The number of methoxy groups -OCH3 is 1. The quantitative estimate of drug-likeness (QED) is 0.353. The Labute approximate surface area is 181 Å². The van der Waals surface area contributed by atoms with Crippen LogP contribution in [-0.2, 0) is 9.53 Å². The van der Waals surface area contributed by atoms with Gasteiger partial charge in [0.15, 0.2) is 0 Å². The minimum absolute atomic E-state index is 0.118. The van der Waals surface area contributed by atoms with E-state index in [9.17, 15) is 9.18 Å². The second kappa shape index (κ2) is 9.13. The van der Waals surface area contributed by atoms with Crippen LogP contribution in [0.5, 0.6) is 0 Å². The average Bonchev–Trinajstić information content (AvgIpc) is 3.23. The molecule has 0 radical (unpaired) electrons. The second-order valence-corrected chi connectivity index (χ2v) is 7.66. The Bertz CT molecular complexity index is 1170. The van der Waals surface area contributed by atoms with E-state index < -0.39 is 0 Å². The number of hydrogen-bond donors (Lipinski definition) is 0. The summed E-state index contributed by atoms with van der Waals surface area (Å²) in [7, 11) is 1.45. The lowest BCUT2D eigenvalue weighted by Crippen LogP contribution is -2.24. The highest BCUT2D eigenvalue weighted by atomic mass is 19.1. The third-order valence-electron chi connectivity index (χ3n) is 5.69. The van der Waals surface area contributed by atoms with Crippen LogP contribution in [0.2, 0.25) is 0 Å². The number of nitrogens with zero attached hydrogens (tertiary/aromatic N) is 2. The third-order valence-corrected chi connectivity index (χ3v) is 5.69. The van der Waals surface area contributed by atoms with Crippen LogP contribution in [0.1, 0.15) is 36.8 Å². The first kappa shape index (κ1) is 20.8. The van der Waals surface area contributed by atoms with Gasteiger partial charge >= 0.3 is 5.97 Å². The number of fused-ring (bicyclic) bond motifs is 1. The zero-order chi connectivity index (χ0) is 21.8. The van der Waals surface area contributed by atoms with Crippen LogP contribution >= 0.6 is 0 Å². The van der Waals surface area contributed by atoms with Crippen LogP contribution in [0.25, 0.3) is 16.6 Å². The molecule has 1 heterocycles. The summed E-state index contributed by atoms with van der Waals surface area (Å²) >= 11 is 0. The Morgan fingerprint density at radius 2 is 1.77 bits per heavy atom. The van der Waals surface area contributed by atoms with Crippen molar-refractivity contribution in [1.29, 1.82) is 0 Å². The molecule has 4 aromatic rings. The highest BCUT2D eigenvalue weighted by Crippen LogP contribution is 2.37. The molecule has 2 atom stereocenters. The van der Waals surface area contributed by atoms with Gasteiger partial charge in [-0.25, -0.2) is 9.07 Å². The summed E-state index contributed by atoms with van der Waals surface area (Å²) in [5.74, 6) is -0.870. The maximum Gasteiger partial charge on any atom is 0.309 e. The number of carbonyl (C=O) groups excluding carboxylic acids is 1. The summed E-state index contributed by atoms with van der Waals surface area (Å²) in [5.41, 5.74) is 3.84. The van der Waals surface area contributed by atoms with Gasteiger partial charge in [-0.1, -0.05) is 49.7 Å². The molecule has 0 aliphatic heterocycles. The molecule has 0 saturated carbocycles. The van der Waals surface area contributed by atoms with Gasteiger partial charge in [-0.15, -0.1) is 0 Å². The maximum absolute atomic E-state index is 13.3. The lowest BCUT2D eigenvalue weighted by atomic mass is 9.78. The van der Waals surface area contributed by atoms with Crippen LogP contribution in [0.3, 0.4) is 0 Å². The summed E-state index contributed by atoms with van der Waals surface area (Å²) in [6.45, 7) is 2.08. The molecule has 3 aromatic carbocycles. The first-order chi connectivity index (χ1) is 15.1. The fraction of sp³-hybridized carbons (Fsp3) is 0.231. The van der Waals surface area contributed by atoms with Gasteiger partial charge in [0.25, 0.3) is 0 Å². The first-order valence-corrected chi connectivity index (χ1v) is 10.5. The largest absolute Gasteiger partial charge is 0.469 e. The lowest BCUT2D eigenvalue weighted by molar-refractivity contribution is -0.146. The van der Waals surface area contributed by atoms with Crippen molar-refractivity contribution in [3.63, 3.8) is 0 Å². The zero-order valence-electron chi connectivity index (χ0n) is 17.7. The van der Waals surface area contributed by atoms with Crippen LogP contribution in [0, 0.1) is 11.7 Å². The molecule has 1 aromatic heterocycles. The molecule has 0 fully saturated rings. The fourth-order valence-electron chi connectivity index (χ4n) is 4.23. The van der Waals surface area contributed by atoms with Gasteiger partial charge in [-0.05, 0) is 53.9 Å². The highest BCUT2D eigenvalue weighted by molar-refractivity contribution is 5.82. The van der Waals surface area contributed by atoms with Crippen molar-refractivity contribution < 1.29 is 13.9 Å². The van der Waals surface area contributed by atoms with Gasteiger partial charge < -0.3 is 4.74 Å². The minimum Gasteiger partial charge on any atom is -0.469 e. The lowest BCUT2D eigenvalue weighted by Gasteiger charge is -2.26. The Hall–Kier alpha value is -3.47. The fourth-order valence-corrected chi connectivity index (χ4v) is 4.23. The molecule has 0 amide bonds. The number of ether oxygens (including phenoxy) is 1. The normalized spacial score (nSPS) is 13.1. The maximum atomic E-state index is 13.3. The SMILES string of the molecule is CCCC(C(=O)OC)C(c1ccccc1)c1ccc2c(cnn2-c2ccc(F)cc2)c1. The van der Waals surface area contributed by atoms with Gasteiger partial charge in [-0.3, -0.25) is 4.79 Å². The van der Waals surface area contributed by atoms with E-state index in [1.165, 1.54) is 19.2 Å². The average molecular weight is 416 g/mol. The van der Waals surface area contributed by atoms with Crippen LogP contribution in [0.15, 0.2) is 79.0 Å². The van der Waals surface area contributed by atoms with E-state index in [0.29, 0.717) is 0 Å². The summed E-state index contributed by atoms with van der Waals surface area (Å²) in [4.78, 5) is 12.7. The Kier molecular flexibility index (Phi) is 6.12. The van der Waals surface area contributed by atoms with Crippen molar-refractivity contribution in [3.05, 3.63) is 95.9 Å². The van der Waals surface area contributed by atoms with Crippen molar-refractivity contribution in [1.82, 2.24) is 9.78 Å². The van der Waals surface area contributed by atoms with Gasteiger partial charge in [0.2, 0.25) is 0 Å². The van der Waals surface area contributed by atoms with E-state index in [-0.39, 0.29) is 23.6 Å². The third kappa shape index (κ3) is 4.22. The summed E-state index contributed by atoms with van der Waals surface area (Å²) in [6.07, 6.45) is 3.42. The zero-order valence-corrected chi connectivity index (χ0v) is 17.7. The van der Waals surface area contributed by atoms with E-state index in [1.807, 2.05) is 30.3 Å². The van der Waals surface area contributed by atoms with Crippen LogP contribution in [-0.4, -0.2) is 22.9 Å². The molecule has 31 heavy (non-hydrogen) atoms. The molecular formula is C26H25FN2O2. The van der Waals surface area contributed by atoms with E-state index in [1.54, 1.807) is 23.0 Å². The minimum atomic E-state index is -0.280. The molecule has 4 nitrogen and oxygen atoms in total. The van der Waals surface area contributed by atoms with E-state index in [2.05, 4.69) is 30.2 Å². The monoisotopic (exact) mass is 416 g/mol. The van der Waals surface area contributed by atoms with Crippen molar-refractivity contribution in [3.8, 4) is 5.69 Å².